The first-order valence-corrected chi connectivity index (χ1v) is 8.96. The Morgan fingerprint density at radius 1 is 1.12 bits per heavy atom. The number of aromatic amines is 1. The number of H-pyrrole nitrogens is 1. The Hall–Kier alpha value is -3.45. The molecule has 5 rings (SSSR count). The van der Waals surface area contributed by atoms with E-state index in [2.05, 4.69) is 31.2 Å². The molecule has 4 aromatic rings. The van der Waals surface area contributed by atoms with Crippen LogP contribution in [0.25, 0.3) is 27.6 Å². The van der Waals surface area contributed by atoms with Gasteiger partial charge in [0, 0.05) is 34.6 Å². The molecule has 0 saturated carbocycles. The molecule has 126 valence electrons. The molecule has 1 aromatic carbocycles. The number of amides is 1. The fourth-order valence-corrected chi connectivity index (χ4v) is 3.64. The Labute approximate surface area is 152 Å². The van der Waals surface area contributed by atoms with Crippen molar-refractivity contribution < 1.29 is 4.79 Å². The molecule has 0 atom stereocenters. The number of aromatic nitrogens is 3. The third kappa shape index (κ3) is 2.46. The minimum Gasteiger partial charge on any atom is -0.361 e. The lowest BCUT2D eigenvalue weighted by atomic mass is 10.1. The number of anilines is 2. The maximum Gasteiger partial charge on any atom is 0.259 e. The molecule has 0 radical (unpaired) electrons. The van der Waals surface area contributed by atoms with E-state index < -0.39 is 0 Å². The van der Waals surface area contributed by atoms with Crippen LogP contribution in [0.3, 0.4) is 0 Å². The van der Waals surface area contributed by atoms with Crippen LogP contribution in [0.5, 0.6) is 0 Å². The fourth-order valence-electron chi connectivity index (χ4n) is 2.98. The summed E-state index contributed by atoms with van der Waals surface area (Å²) in [6, 6.07) is 9.90. The summed E-state index contributed by atoms with van der Waals surface area (Å²) in [6.07, 6.45) is 5.28. The molecule has 26 heavy (non-hydrogen) atoms. The van der Waals surface area contributed by atoms with Gasteiger partial charge in [0.1, 0.15) is 5.82 Å². The normalized spacial score (nSPS) is 14.6. The highest BCUT2D eigenvalue weighted by Crippen LogP contribution is 2.34. The van der Waals surface area contributed by atoms with Gasteiger partial charge in [-0.3, -0.25) is 9.89 Å². The van der Waals surface area contributed by atoms with Crippen LogP contribution < -0.4 is 10.6 Å². The summed E-state index contributed by atoms with van der Waals surface area (Å²) in [5, 5.41) is 18.1. The number of rotatable bonds is 3. The highest BCUT2D eigenvalue weighted by molar-refractivity contribution is 7.08. The number of fused-ring (bicyclic) bond motifs is 2. The summed E-state index contributed by atoms with van der Waals surface area (Å²) in [5.74, 6) is 0.427. The Morgan fingerprint density at radius 3 is 2.96 bits per heavy atom. The van der Waals surface area contributed by atoms with Crippen molar-refractivity contribution in [3.05, 3.63) is 65.2 Å². The summed E-state index contributed by atoms with van der Waals surface area (Å²) in [5.41, 5.74) is 5.26. The molecule has 0 bridgehead atoms. The van der Waals surface area contributed by atoms with Crippen LogP contribution >= 0.6 is 11.3 Å². The van der Waals surface area contributed by atoms with Crippen LogP contribution in [0, 0.1) is 0 Å². The number of carbonyl (C=O) groups excluding carboxylic acids is 1. The van der Waals surface area contributed by atoms with Crippen molar-refractivity contribution in [2.45, 2.75) is 0 Å². The summed E-state index contributed by atoms with van der Waals surface area (Å²) in [6.45, 7) is 0. The number of hydrogen-bond donors (Lipinski definition) is 3. The van der Waals surface area contributed by atoms with Gasteiger partial charge in [-0.15, -0.1) is 0 Å². The molecule has 1 aliphatic rings. The second kappa shape index (κ2) is 5.82. The molecule has 4 heterocycles. The zero-order valence-corrected chi connectivity index (χ0v) is 14.3. The van der Waals surface area contributed by atoms with Gasteiger partial charge in [0.25, 0.3) is 5.91 Å². The Bertz CT molecular complexity index is 1160. The third-order valence-electron chi connectivity index (χ3n) is 4.33. The molecular weight excluding hydrogens is 346 g/mol. The third-order valence-corrected chi connectivity index (χ3v) is 5.02. The minimum absolute atomic E-state index is 0.162. The van der Waals surface area contributed by atoms with Crippen molar-refractivity contribution in [1.29, 1.82) is 0 Å². The molecule has 3 aromatic heterocycles. The second-order valence-corrected chi connectivity index (χ2v) is 6.74. The predicted molar refractivity (Wildman–Crippen MR) is 104 cm³/mol. The average Bonchev–Trinajstić information content (AvgIpc) is 3.39. The molecule has 0 unspecified atom stereocenters. The van der Waals surface area contributed by atoms with E-state index in [0.717, 1.165) is 33.3 Å². The van der Waals surface area contributed by atoms with Crippen molar-refractivity contribution in [2.24, 2.45) is 0 Å². The maximum absolute atomic E-state index is 12.3. The molecule has 6 nitrogen and oxygen atoms in total. The van der Waals surface area contributed by atoms with E-state index in [0.29, 0.717) is 11.4 Å². The standard InChI is InChI=1S/C19H13N5OS/c25-19-16(9-20-14-2-1-11-8-22-24-17(11)6-14)15-5-13(7-21-18(15)23-19)12-3-4-26-10-12/h1-10,20H,(H,22,24)(H,21,23,25)/b16-9-. The first-order valence-electron chi connectivity index (χ1n) is 8.02. The molecular formula is C19H13N5OS. The van der Waals surface area contributed by atoms with Crippen LogP contribution in [-0.2, 0) is 4.79 Å². The largest absolute Gasteiger partial charge is 0.361 e. The number of benzene rings is 1. The van der Waals surface area contributed by atoms with Gasteiger partial charge < -0.3 is 10.6 Å². The Morgan fingerprint density at radius 2 is 2.08 bits per heavy atom. The summed E-state index contributed by atoms with van der Waals surface area (Å²) < 4.78 is 0. The zero-order chi connectivity index (χ0) is 17.5. The molecule has 0 spiro atoms. The molecule has 7 heteroatoms. The lowest BCUT2D eigenvalue weighted by Gasteiger charge is -2.04. The van der Waals surface area contributed by atoms with Crippen molar-refractivity contribution >= 4 is 45.2 Å². The molecule has 0 aliphatic carbocycles. The van der Waals surface area contributed by atoms with Crippen LogP contribution in [0.15, 0.2) is 59.7 Å². The van der Waals surface area contributed by atoms with Crippen molar-refractivity contribution in [1.82, 2.24) is 15.2 Å². The van der Waals surface area contributed by atoms with Gasteiger partial charge in [-0.2, -0.15) is 16.4 Å². The number of hydrogen-bond acceptors (Lipinski definition) is 5. The molecule has 1 amide bonds. The highest BCUT2D eigenvalue weighted by atomic mass is 32.1. The van der Waals surface area contributed by atoms with Gasteiger partial charge in [0.05, 0.1) is 17.3 Å². The van der Waals surface area contributed by atoms with Gasteiger partial charge in [-0.1, -0.05) is 0 Å². The van der Waals surface area contributed by atoms with E-state index in [1.54, 1.807) is 29.9 Å². The minimum atomic E-state index is -0.162. The Kier molecular flexibility index (Phi) is 3.32. The average molecular weight is 359 g/mol. The summed E-state index contributed by atoms with van der Waals surface area (Å²) in [4.78, 5) is 16.7. The molecule has 0 fully saturated rings. The smallest absolute Gasteiger partial charge is 0.259 e. The predicted octanol–water partition coefficient (Wildman–Crippen LogP) is 4.09. The van der Waals surface area contributed by atoms with Crippen LogP contribution in [0.1, 0.15) is 5.56 Å². The lowest BCUT2D eigenvalue weighted by Crippen LogP contribution is -2.05. The monoisotopic (exact) mass is 359 g/mol. The lowest BCUT2D eigenvalue weighted by molar-refractivity contribution is -0.110. The summed E-state index contributed by atoms with van der Waals surface area (Å²) >= 11 is 1.63. The van der Waals surface area contributed by atoms with Crippen LogP contribution in [0.2, 0.25) is 0 Å². The molecule has 1 aliphatic heterocycles. The zero-order valence-electron chi connectivity index (χ0n) is 13.5. The second-order valence-electron chi connectivity index (χ2n) is 5.96. The van der Waals surface area contributed by atoms with E-state index in [1.165, 1.54) is 0 Å². The van der Waals surface area contributed by atoms with Gasteiger partial charge in [-0.05, 0) is 46.7 Å². The van der Waals surface area contributed by atoms with E-state index in [4.69, 9.17) is 0 Å². The topological polar surface area (TPSA) is 82.7 Å². The van der Waals surface area contributed by atoms with E-state index in [-0.39, 0.29) is 5.91 Å². The summed E-state index contributed by atoms with van der Waals surface area (Å²) in [7, 11) is 0. The van der Waals surface area contributed by atoms with Gasteiger partial charge in [-0.25, -0.2) is 4.98 Å². The first kappa shape index (κ1) is 14.9. The number of thiophene rings is 1. The van der Waals surface area contributed by atoms with Crippen molar-refractivity contribution in [3.63, 3.8) is 0 Å². The molecule has 3 N–H and O–H groups in total. The number of nitrogens with one attached hydrogen (secondary N) is 3. The van der Waals surface area contributed by atoms with Crippen molar-refractivity contribution in [3.8, 4) is 11.1 Å². The van der Waals surface area contributed by atoms with Crippen LogP contribution in [-0.4, -0.2) is 21.1 Å². The van der Waals surface area contributed by atoms with Crippen LogP contribution in [0.4, 0.5) is 11.5 Å². The van der Waals surface area contributed by atoms with Gasteiger partial charge in [0.15, 0.2) is 0 Å². The number of pyridine rings is 1. The van der Waals surface area contributed by atoms with Gasteiger partial charge >= 0.3 is 0 Å². The molecule has 0 saturated heterocycles. The maximum atomic E-state index is 12.3. The number of nitrogens with zero attached hydrogens (tertiary/aromatic N) is 2. The SMILES string of the molecule is O=C1Nc2ncc(-c3ccsc3)cc2/C1=C/Nc1ccc2cn[nH]c2c1. The number of carbonyl (C=O) groups is 1. The quantitative estimate of drug-likeness (QED) is 0.481. The van der Waals surface area contributed by atoms with Gasteiger partial charge in [0.2, 0.25) is 0 Å². The van der Waals surface area contributed by atoms with E-state index >= 15 is 0 Å². The van der Waals surface area contributed by atoms with Crippen molar-refractivity contribution in [2.75, 3.05) is 10.6 Å². The van der Waals surface area contributed by atoms with E-state index in [1.807, 2.05) is 35.7 Å². The first-order chi connectivity index (χ1) is 12.8. The fraction of sp³-hybridized carbons (Fsp3) is 0. The van der Waals surface area contributed by atoms with E-state index in [9.17, 15) is 4.79 Å². The Balaban J connectivity index is 1.50. The highest BCUT2D eigenvalue weighted by Gasteiger charge is 2.26.